The second-order valence-corrected chi connectivity index (χ2v) is 8.72. The Morgan fingerprint density at radius 3 is 2.15 bits per heavy atom. The van der Waals surface area contributed by atoms with Gasteiger partial charge in [-0.15, -0.1) is 12.4 Å². The smallest absolute Gasteiger partial charge is 0.251 e. The maximum absolute atomic E-state index is 12.5. The minimum atomic E-state index is -3.53. The Balaban J connectivity index is 0.00000338. The second kappa shape index (κ2) is 9.34. The quantitative estimate of drug-likeness (QED) is 0.597. The normalized spacial score (nSPS) is 16.2. The van der Waals surface area contributed by atoms with E-state index in [-0.39, 0.29) is 44.2 Å². The summed E-state index contributed by atoms with van der Waals surface area (Å²) in [6, 6.07) is 7.17. The lowest BCUT2D eigenvalue weighted by molar-refractivity contribution is -0.124. The van der Waals surface area contributed by atoms with Crippen LogP contribution < -0.4 is 16.0 Å². The first-order valence-corrected chi connectivity index (χ1v) is 10.2. The molecule has 0 atom stereocenters. The van der Waals surface area contributed by atoms with Gasteiger partial charge in [0.05, 0.1) is 0 Å². The predicted molar refractivity (Wildman–Crippen MR) is 103 cm³/mol. The van der Waals surface area contributed by atoms with Gasteiger partial charge in [0.2, 0.25) is 5.91 Å². The van der Waals surface area contributed by atoms with Crippen LogP contribution >= 0.6 is 12.4 Å². The molecule has 1 aliphatic heterocycles. The molecule has 1 fully saturated rings. The summed E-state index contributed by atoms with van der Waals surface area (Å²) in [6.07, 6.45) is 1.62. The van der Waals surface area contributed by atoms with Crippen molar-refractivity contribution in [2.24, 2.45) is 0 Å². The number of rotatable bonds is 6. The van der Waals surface area contributed by atoms with Gasteiger partial charge < -0.3 is 16.0 Å². The third-order valence-electron chi connectivity index (χ3n) is 4.54. The van der Waals surface area contributed by atoms with Crippen LogP contribution in [0, 0.1) is 6.92 Å². The summed E-state index contributed by atoms with van der Waals surface area (Å²) in [5.74, 6) is -0.713. The van der Waals surface area contributed by atoms with Crippen molar-refractivity contribution >= 4 is 34.1 Å². The summed E-state index contributed by atoms with van der Waals surface area (Å²) < 4.78 is 22.9. The standard InChI is InChI=1S/C17H25N3O4S.ClH/c1-13-3-5-14(6-4-13)15(21)19-11-12-20-16(22)17(25(2,23)24)7-9-18-10-8-17;/h3-6,18H,7-12H2,1-2H3,(H,19,21)(H,20,22);1H. The van der Waals surface area contributed by atoms with Crippen LogP contribution in [0.15, 0.2) is 24.3 Å². The molecule has 26 heavy (non-hydrogen) atoms. The molecule has 7 nitrogen and oxygen atoms in total. The van der Waals surface area contributed by atoms with E-state index in [0.29, 0.717) is 18.7 Å². The molecule has 1 saturated heterocycles. The molecule has 0 saturated carbocycles. The first-order valence-electron chi connectivity index (χ1n) is 8.30. The molecule has 0 aromatic heterocycles. The van der Waals surface area contributed by atoms with Gasteiger partial charge in [-0.1, -0.05) is 17.7 Å². The van der Waals surface area contributed by atoms with Crippen LogP contribution in [0.3, 0.4) is 0 Å². The van der Waals surface area contributed by atoms with Gasteiger partial charge in [-0.25, -0.2) is 8.42 Å². The Labute approximate surface area is 160 Å². The Morgan fingerprint density at radius 2 is 1.62 bits per heavy atom. The number of carbonyl (C=O) groups is 2. The summed E-state index contributed by atoms with van der Waals surface area (Å²) >= 11 is 0. The molecule has 1 heterocycles. The lowest BCUT2D eigenvalue weighted by Gasteiger charge is -2.34. The van der Waals surface area contributed by atoms with Crippen LogP contribution in [0.2, 0.25) is 0 Å². The van der Waals surface area contributed by atoms with E-state index in [9.17, 15) is 18.0 Å². The van der Waals surface area contributed by atoms with E-state index in [1.165, 1.54) is 0 Å². The van der Waals surface area contributed by atoms with Crippen molar-refractivity contribution in [3.63, 3.8) is 0 Å². The minimum absolute atomic E-state index is 0. The molecule has 3 N–H and O–H groups in total. The highest BCUT2D eigenvalue weighted by Gasteiger charge is 2.48. The van der Waals surface area contributed by atoms with Crippen LogP contribution in [-0.4, -0.2) is 57.4 Å². The van der Waals surface area contributed by atoms with Crippen molar-refractivity contribution in [3.8, 4) is 0 Å². The van der Waals surface area contributed by atoms with Gasteiger partial charge in [-0.05, 0) is 45.0 Å². The van der Waals surface area contributed by atoms with E-state index < -0.39 is 20.5 Å². The van der Waals surface area contributed by atoms with Crippen LogP contribution in [0.25, 0.3) is 0 Å². The molecule has 1 aliphatic rings. The van der Waals surface area contributed by atoms with Crippen molar-refractivity contribution in [2.45, 2.75) is 24.5 Å². The fourth-order valence-corrected chi connectivity index (χ4v) is 4.27. The largest absolute Gasteiger partial charge is 0.353 e. The Hall–Kier alpha value is -1.64. The molecule has 0 unspecified atom stereocenters. The average Bonchev–Trinajstić information content (AvgIpc) is 2.58. The number of carbonyl (C=O) groups excluding carboxylic acids is 2. The molecule has 0 spiro atoms. The van der Waals surface area contributed by atoms with Crippen LogP contribution in [0.1, 0.15) is 28.8 Å². The average molecular weight is 404 g/mol. The summed E-state index contributed by atoms with van der Waals surface area (Å²) in [7, 11) is -3.53. The third-order valence-corrected chi connectivity index (χ3v) is 6.56. The van der Waals surface area contributed by atoms with E-state index in [4.69, 9.17) is 0 Å². The Kier molecular flexibility index (Phi) is 8.05. The van der Waals surface area contributed by atoms with Crippen LogP contribution in [0.4, 0.5) is 0 Å². The summed E-state index contributed by atoms with van der Waals surface area (Å²) in [5.41, 5.74) is 1.61. The van der Waals surface area contributed by atoms with E-state index in [0.717, 1.165) is 11.8 Å². The van der Waals surface area contributed by atoms with Gasteiger partial charge in [-0.3, -0.25) is 9.59 Å². The van der Waals surface area contributed by atoms with Gasteiger partial charge in [0.15, 0.2) is 14.6 Å². The summed E-state index contributed by atoms with van der Waals surface area (Å²) in [4.78, 5) is 24.5. The first-order chi connectivity index (χ1) is 11.8. The summed E-state index contributed by atoms with van der Waals surface area (Å²) in [5, 5.41) is 8.44. The highest BCUT2D eigenvalue weighted by molar-refractivity contribution is 7.92. The fraction of sp³-hybridized carbons (Fsp3) is 0.529. The first kappa shape index (κ1) is 22.4. The number of benzene rings is 1. The van der Waals surface area contributed by atoms with Gasteiger partial charge >= 0.3 is 0 Å². The lowest BCUT2D eigenvalue weighted by atomic mass is 9.96. The number of sulfone groups is 1. The SMILES string of the molecule is Cc1ccc(C(=O)NCCNC(=O)C2(S(C)(=O)=O)CCNCC2)cc1.Cl. The van der Waals surface area contributed by atoms with E-state index in [2.05, 4.69) is 16.0 Å². The molecule has 0 aliphatic carbocycles. The number of halogens is 1. The molecular formula is C17H26ClN3O4S. The van der Waals surface area contributed by atoms with Crippen molar-refractivity contribution in [1.82, 2.24) is 16.0 Å². The number of amides is 2. The van der Waals surface area contributed by atoms with Gasteiger partial charge in [0, 0.05) is 24.9 Å². The molecule has 1 aromatic carbocycles. The topological polar surface area (TPSA) is 104 Å². The predicted octanol–water partition coefficient (Wildman–Crippen LogP) is 0.430. The van der Waals surface area contributed by atoms with Crippen LogP contribution in [0.5, 0.6) is 0 Å². The molecule has 146 valence electrons. The zero-order chi connectivity index (χ0) is 18.5. The highest BCUT2D eigenvalue weighted by atomic mass is 35.5. The maximum atomic E-state index is 12.5. The van der Waals surface area contributed by atoms with Gasteiger partial charge in [-0.2, -0.15) is 0 Å². The minimum Gasteiger partial charge on any atom is -0.353 e. The number of piperidine rings is 1. The van der Waals surface area contributed by atoms with E-state index in [1.54, 1.807) is 12.1 Å². The zero-order valence-electron chi connectivity index (χ0n) is 15.0. The van der Waals surface area contributed by atoms with Crippen molar-refractivity contribution < 1.29 is 18.0 Å². The second-order valence-electron chi connectivity index (χ2n) is 6.39. The maximum Gasteiger partial charge on any atom is 0.251 e. The van der Waals surface area contributed by atoms with Crippen molar-refractivity contribution in [2.75, 3.05) is 32.4 Å². The third kappa shape index (κ3) is 5.18. The van der Waals surface area contributed by atoms with Crippen molar-refractivity contribution in [3.05, 3.63) is 35.4 Å². The Morgan fingerprint density at radius 1 is 1.08 bits per heavy atom. The molecule has 0 bridgehead atoms. The monoisotopic (exact) mass is 403 g/mol. The van der Waals surface area contributed by atoms with Crippen LogP contribution in [-0.2, 0) is 14.6 Å². The number of nitrogens with one attached hydrogen (secondary N) is 3. The zero-order valence-corrected chi connectivity index (χ0v) is 16.6. The van der Waals surface area contributed by atoms with Gasteiger partial charge in [0.25, 0.3) is 5.91 Å². The Bertz CT molecular complexity index is 729. The van der Waals surface area contributed by atoms with Gasteiger partial charge in [0.1, 0.15) is 0 Å². The van der Waals surface area contributed by atoms with Crippen molar-refractivity contribution in [1.29, 1.82) is 0 Å². The molecule has 2 rings (SSSR count). The van der Waals surface area contributed by atoms with E-state index in [1.807, 2.05) is 19.1 Å². The molecule has 2 amide bonds. The number of hydrogen-bond acceptors (Lipinski definition) is 5. The number of hydrogen-bond donors (Lipinski definition) is 3. The fourth-order valence-electron chi connectivity index (χ4n) is 2.92. The molecule has 9 heteroatoms. The summed E-state index contributed by atoms with van der Waals surface area (Å²) in [6.45, 7) is 3.34. The number of aryl methyl sites for hydroxylation is 1. The molecular weight excluding hydrogens is 378 g/mol. The van der Waals surface area contributed by atoms with E-state index >= 15 is 0 Å². The highest BCUT2D eigenvalue weighted by Crippen LogP contribution is 2.27. The molecule has 1 aromatic rings. The lowest BCUT2D eigenvalue weighted by Crippen LogP contribution is -2.57. The molecule has 0 radical (unpaired) electrons.